The second kappa shape index (κ2) is 5.44. The summed E-state index contributed by atoms with van der Waals surface area (Å²) in [7, 11) is 0. The van der Waals surface area contributed by atoms with Crippen LogP contribution in [0.25, 0.3) is 16.9 Å². The minimum Gasteiger partial charge on any atom is -0.478 e. The van der Waals surface area contributed by atoms with Crippen LogP contribution in [0.4, 0.5) is 0 Å². The number of aromatic nitrogens is 3. The summed E-state index contributed by atoms with van der Waals surface area (Å²) in [5.41, 5.74) is 5.10. The Balaban J connectivity index is 1.95. The highest BCUT2D eigenvalue weighted by atomic mass is 16.4. The van der Waals surface area contributed by atoms with Crippen LogP contribution in [0.2, 0.25) is 0 Å². The Hall–Kier alpha value is -2.95. The topological polar surface area (TPSA) is 68.0 Å². The lowest BCUT2D eigenvalue weighted by atomic mass is 10.1. The quantitative estimate of drug-likeness (QED) is 0.805. The summed E-state index contributed by atoms with van der Waals surface area (Å²) in [6.07, 6.45) is 1.84. The smallest absolute Gasteiger partial charge is 0.335 e. The van der Waals surface area contributed by atoms with E-state index in [0.717, 1.165) is 16.8 Å². The number of aromatic carboxylic acids is 1. The molecule has 0 radical (unpaired) electrons. The summed E-state index contributed by atoms with van der Waals surface area (Å²) in [6.45, 7) is 4.08. The second-order valence-electron chi connectivity index (χ2n) is 5.22. The Kier molecular flexibility index (Phi) is 3.47. The van der Waals surface area contributed by atoms with E-state index in [9.17, 15) is 4.79 Å². The number of rotatable bonds is 3. The average molecular weight is 293 g/mol. The molecule has 2 aromatic carbocycles. The fraction of sp³-hybridized carbons (Fsp3) is 0.118. The zero-order chi connectivity index (χ0) is 15.7. The Labute approximate surface area is 127 Å². The Morgan fingerprint density at radius 2 is 1.82 bits per heavy atom. The third-order valence-corrected chi connectivity index (χ3v) is 3.52. The van der Waals surface area contributed by atoms with Crippen molar-refractivity contribution in [2.24, 2.45) is 0 Å². The molecule has 1 N–H and O–H groups in total. The lowest BCUT2D eigenvalue weighted by Crippen LogP contribution is -1.98. The van der Waals surface area contributed by atoms with Crippen LogP contribution in [0, 0.1) is 13.8 Å². The summed E-state index contributed by atoms with van der Waals surface area (Å²) in [4.78, 5) is 10.9. The lowest BCUT2D eigenvalue weighted by molar-refractivity contribution is 0.0697. The van der Waals surface area contributed by atoms with Gasteiger partial charge >= 0.3 is 5.97 Å². The normalized spacial score (nSPS) is 10.6. The van der Waals surface area contributed by atoms with Gasteiger partial charge in [-0.3, -0.25) is 0 Å². The van der Waals surface area contributed by atoms with E-state index in [-0.39, 0.29) is 5.56 Å². The van der Waals surface area contributed by atoms with E-state index in [1.807, 2.05) is 32.2 Å². The molecule has 3 aromatic rings. The van der Waals surface area contributed by atoms with Crippen molar-refractivity contribution in [2.45, 2.75) is 13.8 Å². The predicted molar refractivity (Wildman–Crippen MR) is 83.2 cm³/mol. The highest BCUT2D eigenvalue weighted by molar-refractivity contribution is 5.88. The van der Waals surface area contributed by atoms with Crippen LogP contribution in [-0.4, -0.2) is 26.1 Å². The average Bonchev–Trinajstić information content (AvgIpc) is 2.97. The van der Waals surface area contributed by atoms with Gasteiger partial charge in [0.05, 0.1) is 17.4 Å². The molecule has 110 valence electrons. The lowest BCUT2D eigenvalue weighted by Gasteiger charge is -2.05. The predicted octanol–water partition coefficient (Wildman–Crippen LogP) is 3.25. The molecule has 0 unspecified atom stereocenters. The minimum atomic E-state index is -0.939. The standard InChI is InChI=1S/C17H15N3O2/c1-11-3-8-16(12(2)9-11)20-10-15(18-19-20)13-4-6-14(7-5-13)17(21)22/h3-10H,1-2H3,(H,21,22). The maximum absolute atomic E-state index is 10.9. The molecule has 1 aromatic heterocycles. The maximum atomic E-state index is 10.9. The largest absolute Gasteiger partial charge is 0.478 e. The van der Waals surface area contributed by atoms with Gasteiger partial charge in [0.1, 0.15) is 5.69 Å². The number of carboxylic acid groups (broad SMARTS) is 1. The van der Waals surface area contributed by atoms with Crippen LogP contribution in [0.1, 0.15) is 21.5 Å². The molecule has 0 fully saturated rings. The van der Waals surface area contributed by atoms with E-state index in [2.05, 4.69) is 16.4 Å². The molecule has 5 nitrogen and oxygen atoms in total. The fourth-order valence-electron chi connectivity index (χ4n) is 2.36. The fourth-order valence-corrected chi connectivity index (χ4v) is 2.36. The van der Waals surface area contributed by atoms with Crippen molar-refractivity contribution in [3.05, 3.63) is 65.4 Å². The molecule has 0 amide bonds. The van der Waals surface area contributed by atoms with Crippen LogP contribution in [0.3, 0.4) is 0 Å². The van der Waals surface area contributed by atoms with E-state index in [1.54, 1.807) is 28.9 Å². The van der Waals surface area contributed by atoms with Crippen molar-refractivity contribution in [2.75, 3.05) is 0 Å². The van der Waals surface area contributed by atoms with E-state index in [0.29, 0.717) is 5.69 Å². The maximum Gasteiger partial charge on any atom is 0.335 e. The zero-order valence-electron chi connectivity index (χ0n) is 12.3. The first-order valence-electron chi connectivity index (χ1n) is 6.88. The van der Waals surface area contributed by atoms with Crippen molar-refractivity contribution in [3.63, 3.8) is 0 Å². The SMILES string of the molecule is Cc1ccc(-n2cc(-c3ccc(C(=O)O)cc3)nn2)c(C)c1. The van der Waals surface area contributed by atoms with Gasteiger partial charge in [-0.05, 0) is 37.6 Å². The van der Waals surface area contributed by atoms with Gasteiger partial charge in [0.15, 0.2) is 0 Å². The Bertz CT molecular complexity index is 835. The van der Waals surface area contributed by atoms with Gasteiger partial charge in [-0.25, -0.2) is 9.48 Å². The summed E-state index contributed by atoms with van der Waals surface area (Å²) >= 11 is 0. The van der Waals surface area contributed by atoms with Crippen LogP contribution in [0.5, 0.6) is 0 Å². The molecule has 3 rings (SSSR count). The Morgan fingerprint density at radius 1 is 1.09 bits per heavy atom. The molecule has 0 atom stereocenters. The molecule has 0 bridgehead atoms. The molecule has 0 saturated carbocycles. The number of hydrogen-bond acceptors (Lipinski definition) is 3. The van der Waals surface area contributed by atoms with E-state index in [1.165, 1.54) is 5.56 Å². The summed E-state index contributed by atoms with van der Waals surface area (Å²) in [5, 5.41) is 17.2. The molecular weight excluding hydrogens is 278 g/mol. The van der Waals surface area contributed by atoms with Crippen molar-refractivity contribution in [1.82, 2.24) is 15.0 Å². The summed E-state index contributed by atoms with van der Waals surface area (Å²) in [5.74, 6) is -0.939. The molecule has 5 heteroatoms. The van der Waals surface area contributed by atoms with Gasteiger partial charge in [-0.15, -0.1) is 5.10 Å². The van der Waals surface area contributed by atoms with Gasteiger partial charge in [-0.2, -0.15) is 0 Å². The van der Waals surface area contributed by atoms with E-state index >= 15 is 0 Å². The summed E-state index contributed by atoms with van der Waals surface area (Å²) < 4.78 is 1.73. The van der Waals surface area contributed by atoms with Gasteiger partial charge in [0.2, 0.25) is 0 Å². The van der Waals surface area contributed by atoms with Crippen molar-refractivity contribution in [1.29, 1.82) is 0 Å². The van der Waals surface area contributed by atoms with Gasteiger partial charge < -0.3 is 5.11 Å². The van der Waals surface area contributed by atoms with Gasteiger partial charge in [-0.1, -0.05) is 35.0 Å². The van der Waals surface area contributed by atoms with Gasteiger partial charge in [0, 0.05) is 5.56 Å². The van der Waals surface area contributed by atoms with Gasteiger partial charge in [0.25, 0.3) is 0 Å². The number of carbonyl (C=O) groups is 1. The molecule has 1 heterocycles. The number of aryl methyl sites for hydroxylation is 2. The van der Waals surface area contributed by atoms with Crippen LogP contribution >= 0.6 is 0 Å². The molecule has 0 aliphatic rings. The molecular formula is C17H15N3O2. The highest BCUT2D eigenvalue weighted by Gasteiger charge is 2.08. The molecule has 0 aliphatic carbocycles. The molecule has 0 aliphatic heterocycles. The highest BCUT2D eigenvalue weighted by Crippen LogP contribution is 2.20. The first-order valence-corrected chi connectivity index (χ1v) is 6.88. The first kappa shape index (κ1) is 14.0. The number of hydrogen-bond donors (Lipinski definition) is 1. The van der Waals surface area contributed by atoms with E-state index < -0.39 is 5.97 Å². The van der Waals surface area contributed by atoms with Crippen LogP contribution in [-0.2, 0) is 0 Å². The summed E-state index contributed by atoms with van der Waals surface area (Å²) in [6, 6.07) is 12.7. The third kappa shape index (κ3) is 2.61. The van der Waals surface area contributed by atoms with Crippen molar-refractivity contribution >= 4 is 5.97 Å². The van der Waals surface area contributed by atoms with Crippen LogP contribution < -0.4 is 0 Å². The molecule has 22 heavy (non-hydrogen) atoms. The monoisotopic (exact) mass is 293 g/mol. The number of carboxylic acids is 1. The molecule has 0 saturated heterocycles. The third-order valence-electron chi connectivity index (χ3n) is 3.52. The van der Waals surface area contributed by atoms with E-state index in [4.69, 9.17) is 5.11 Å². The first-order chi connectivity index (χ1) is 10.5. The van der Waals surface area contributed by atoms with Crippen LogP contribution in [0.15, 0.2) is 48.7 Å². The number of nitrogens with zero attached hydrogens (tertiary/aromatic N) is 3. The van der Waals surface area contributed by atoms with Crippen molar-refractivity contribution in [3.8, 4) is 16.9 Å². The van der Waals surface area contributed by atoms with Crippen molar-refractivity contribution < 1.29 is 9.90 Å². The zero-order valence-corrected chi connectivity index (χ0v) is 12.3. The minimum absolute atomic E-state index is 0.255. The second-order valence-corrected chi connectivity index (χ2v) is 5.22. The number of benzene rings is 2. The Morgan fingerprint density at radius 3 is 2.45 bits per heavy atom. The molecule has 0 spiro atoms.